The molecule has 2 nitrogen and oxygen atoms in total. The number of hydrogen-bond donors (Lipinski definition) is 0. The van der Waals surface area contributed by atoms with Crippen LogP contribution in [0.3, 0.4) is 0 Å². The fourth-order valence-corrected chi connectivity index (χ4v) is 12.0. The van der Waals surface area contributed by atoms with Crippen LogP contribution >= 0.6 is 10.4 Å². The topological polar surface area (TPSA) is 6.48 Å². The van der Waals surface area contributed by atoms with Crippen molar-refractivity contribution < 1.29 is 0 Å². The van der Waals surface area contributed by atoms with Crippen LogP contribution in [0.5, 0.6) is 0 Å². The first kappa shape index (κ1) is 31.2. The van der Waals surface area contributed by atoms with Gasteiger partial charge in [-0.2, -0.15) is 0 Å². The van der Waals surface area contributed by atoms with E-state index in [0.717, 1.165) is 12.2 Å². The van der Waals surface area contributed by atoms with Gasteiger partial charge < -0.3 is 0 Å². The van der Waals surface area contributed by atoms with Gasteiger partial charge in [-0.1, -0.05) is 144 Å². The van der Waals surface area contributed by atoms with E-state index in [2.05, 4.69) is 204 Å². The summed E-state index contributed by atoms with van der Waals surface area (Å²) in [6.45, 7) is 4.42. The summed E-state index contributed by atoms with van der Waals surface area (Å²) in [7, 11) is -2.14. The number of fused-ring (bicyclic) bond motifs is 5. The second-order valence-corrected chi connectivity index (χ2v) is 16.6. The molecule has 0 amide bonds. The SMILES string of the molecule is Cc1cccc(N2c3ccccc3-c3ccccc3N(c3cccc(C)c3)S2(CCc2ccc3ccccc3c2)c2ccc3ccccc3c2)c1. The lowest BCUT2D eigenvalue weighted by atomic mass is 10.0. The number of benzene rings is 8. The van der Waals surface area contributed by atoms with Crippen LogP contribution in [-0.2, 0) is 6.42 Å². The zero-order valence-corrected chi connectivity index (χ0v) is 29.9. The zero-order valence-electron chi connectivity index (χ0n) is 29.0. The fourth-order valence-electron chi connectivity index (χ4n) is 7.84. The van der Waals surface area contributed by atoms with Gasteiger partial charge in [0, 0.05) is 21.8 Å². The van der Waals surface area contributed by atoms with Crippen molar-refractivity contribution in [2.24, 2.45) is 0 Å². The molecule has 0 unspecified atom stereocenters. The monoisotopic (exact) mass is 676 g/mol. The first-order valence-corrected chi connectivity index (χ1v) is 19.5. The molecule has 1 aliphatic rings. The molecule has 0 fully saturated rings. The van der Waals surface area contributed by atoms with Crippen LogP contribution < -0.4 is 8.61 Å². The average molecular weight is 677 g/mol. The molecule has 3 heteroatoms. The number of hydrogen-bond acceptors (Lipinski definition) is 2. The van der Waals surface area contributed by atoms with Gasteiger partial charge in [0.25, 0.3) is 0 Å². The Bertz CT molecular complexity index is 2460. The summed E-state index contributed by atoms with van der Waals surface area (Å²) >= 11 is 0. The van der Waals surface area contributed by atoms with Crippen LogP contribution in [-0.4, -0.2) is 5.75 Å². The number of nitrogens with zero attached hydrogens (tertiary/aromatic N) is 2. The Kier molecular flexibility index (Phi) is 7.86. The van der Waals surface area contributed by atoms with Gasteiger partial charge in [-0.3, -0.25) is 8.61 Å². The summed E-state index contributed by atoms with van der Waals surface area (Å²) in [5.41, 5.74) is 11.2. The van der Waals surface area contributed by atoms with Crippen LogP contribution in [0.1, 0.15) is 16.7 Å². The Labute approximate surface area is 302 Å². The van der Waals surface area contributed by atoms with Crippen molar-refractivity contribution in [2.75, 3.05) is 14.4 Å². The molecule has 0 aliphatic carbocycles. The largest absolute Gasteiger partial charge is 0.282 e. The maximum atomic E-state index is 2.74. The summed E-state index contributed by atoms with van der Waals surface area (Å²) in [5, 5.41) is 5.07. The average Bonchev–Trinajstić information content (AvgIpc) is 3.28. The van der Waals surface area contributed by atoms with Gasteiger partial charge >= 0.3 is 0 Å². The maximum Gasteiger partial charge on any atom is 0.0607 e. The molecule has 248 valence electrons. The summed E-state index contributed by atoms with van der Waals surface area (Å²) in [6.07, 6.45) is 0.905. The van der Waals surface area contributed by atoms with Crippen molar-refractivity contribution in [3.05, 3.63) is 199 Å². The molecular formula is C48H40N2S. The third-order valence-corrected chi connectivity index (χ3v) is 14.0. The highest BCUT2D eigenvalue weighted by Crippen LogP contribution is 2.72. The summed E-state index contributed by atoms with van der Waals surface area (Å²) < 4.78 is 5.48. The fraction of sp³-hybridized carbons (Fsp3) is 0.0833. The highest BCUT2D eigenvalue weighted by atomic mass is 32.3. The zero-order chi connectivity index (χ0) is 34.4. The third-order valence-electron chi connectivity index (χ3n) is 10.2. The van der Waals surface area contributed by atoms with Crippen LogP contribution in [0.2, 0.25) is 0 Å². The van der Waals surface area contributed by atoms with Gasteiger partial charge in [0.15, 0.2) is 0 Å². The molecule has 0 bridgehead atoms. The third kappa shape index (κ3) is 5.46. The molecule has 0 atom stereocenters. The summed E-state index contributed by atoms with van der Waals surface area (Å²) in [4.78, 5) is 1.33. The van der Waals surface area contributed by atoms with Crippen molar-refractivity contribution in [3.63, 3.8) is 0 Å². The van der Waals surface area contributed by atoms with Crippen molar-refractivity contribution in [1.82, 2.24) is 0 Å². The molecule has 0 spiro atoms. The van der Waals surface area contributed by atoms with E-state index >= 15 is 0 Å². The highest BCUT2D eigenvalue weighted by Gasteiger charge is 2.45. The summed E-state index contributed by atoms with van der Waals surface area (Å²) in [6, 6.07) is 68.1. The molecule has 0 N–H and O–H groups in total. The van der Waals surface area contributed by atoms with E-state index in [-0.39, 0.29) is 0 Å². The molecule has 0 radical (unpaired) electrons. The maximum absolute atomic E-state index is 2.74. The molecule has 51 heavy (non-hydrogen) atoms. The molecule has 1 heterocycles. The van der Waals surface area contributed by atoms with Gasteiger partial charge in [-0.15, -0.1) is 0 Å². The van der Waals surface area contributed by atoms with E-state index in [1.807, 2.05) is 0 Å². The Morgan fingerprint density at radius 1 is 0.412 bits per heavy atom. The second-order valence-electron chi connectivity index (χ2n) is 13.6. The number of aryl methyl sites for hydroxylation is 3. The molecular weight excluding hydrogens is 637 g/mol. The van der Waals surface area contributed by atoms with E-state index in [4.69, 9.17) is 0 Å². The number of para-hydroxylation sites is 2. The predicted molar refractivity (Wildman–Crippen MR) is 221 cm³/mol. The smallest absolute Gasteiger partial charge is 0.0607 e. The molecule has 1 aliphatic heterocycles. The Balaban J connectivity index is 1.42. The first-order valence-electron chi connectivity index (χ1n) is 17.8. The van der Waals surface area contributed by atoms with Crippen LogP contribution in [0.15, 0.2) is 187 Å². The lowest BCUT2D eigenvalue weighted by molar-refractivity contribution is 1.12. The molecule has 0 saturated carbocycles. The van der Waals surface area contributed by atoms with Gasteiger partial charge in [-0.25, -0.2) is 0 Å². The standard InChI is InChI=1S/C48H40N2S/c1-35-13-11-19-42(31-35)49-47-23-9-7-21-45(47)46-22-8-10-24-48(46)50(43-20-12-14-36(2)32-43)51(49,44-28-27-39-16-4-6-18-41(39)34-44)30-29-37-25-26-38-15-3-5-17-40(38)33-37/h3-28,31-34H,29-30H2,1-2H3. The Hall–Kier alpha value is -5.77. The minimum Gasteiger partial charge on any atom is -0.282 e. The van der Waals surface area contributed by atoms with Crippen LogP contribution in [0, 0.1) is 13.8 Å². The van der Waals surface area contributed by atoms with Gasteiger partial charge in [0.05, 0.1) is 22.7 Å². The number of anilines is 4. The van der Waals surface area contributed by atoms with Crippen molar-refractivity contribution in [1.29, 1.82) is 0 Å². The van der Waals surface area contributed by atoms with E-state index in [9.17, 15) is 0 Å². The Morgan fingerprint density at radius 3 is 1.47 bits per heavy atom. The van der Waals surface area contributed by atoms with Gasteiger partial charge in [-0.05, 0) is 107 Å². The van der Waals surface area contributed by atoms with Crippen molar-refractivity contribution >= 4 is 54.7 Å². The quantitative estimate of drug-likeness (QED) is 0.173. The van der Waals surface area contributed by atoms with E-state index in [1.165, 1.54) is 77.0 Å². The predicted octanol–water partition coefficient (Wildman–Crippen LogP) is 13.5. The minimum atomic E-state index is -2.14. The van der Waals surface area contributed by atoms with Crippen LogP contribution in [0.25, 0.3) is 32.7 Å². The lowest BCUT2D eigenvalue weighted by Gasteiger charge is -2.56. The molecule has 8 aromatic rings. The minimum absolute atomic E-state index is 0.897. The number of rotatable bonds is 6. The molecule has 9 rings (SSSR count). The Morgan fingerprint density at radius 2 is 0.902 bits per heavy atom. The van der Waals surface area contributed by atoms with Gasteiger partial charge in [0.2, 0.25) is 0 Å². The molecule has 0 saturated heterocycles. The first-order chi connectivity index (χ1) is 25.1. The van der Waals surface area contributed by atoms with Gasteiger partial charge in [0.1, 0.15) is 0 Å². The van der Waals surface area contributed by atoms with E-state index in [0.29, 0.717) is 0 Å². The lowest BCUT2D eigenvalue weighted by Crippen LogP contribution is -2.38. The van der Waals surface area contributed by atoms with Crippen molar-refractivity contribution in [3.8, 4) is 11.1 Å². The van der Waals surface area contributed by atoms with E-state index < -0.39 is 10.4 Å². The molecule has 8 aromatic carbocycles. The highest BCUT2D eigenvalue weighted by molar-refractivity contribution is 8.36. The van der Waals surface area contributed by atoms with Crippen molar-refractivity contribution in [2.45, 2.75) is 25.2 Å². The normalized spacial score (nSPS) is 14.2. The summed E-state index contributed by atoms with van der Waals surface area (Å²) in [5.74, 6) is 0.897. The second kappa shape index (κ2) is 12.8. The van der Waals surface area contributed by atoms with Crippen LogP contribution in [0.4, 0.5) is 22.7 Å². The van der Waals surface area contributed by atoms with E-state index in [1.54, 1.807) is 0 Å². The molecule has 0 aromatic heterocycles.